The van der Waals surface area contributed by atoms with Crippen LogP contribution in [0, 0.1) is 6.92 Å². The van der Waals surface area contributed by atoms with Crippen LogP contribution in [-0.4, -0.2) is 46.4 Å². The summed E-state index contributed by atoms with van der Waals surface area (Å²) in [6, 6.07) is 0. The minimum atomic E-state index is -0.550. The second kappa shape index (κ2) is 8.04. The van der Waals surface area contributed by atoms with Crippen molar-refractivity contribution in [2.24, 2.45) is 0 Å². The number of piperidine rings is 1. The Morgan fingerprint density at radius 1 is 1.07 bits per heavy atom. The van der Waals surface area contributed by atoms with E-state index in [9.17, 15) is 9.59 Å². The first kappa shape index (κ1) is 21.5. The minimum absolute atomic E-state index is 0.261. The Balaban J connectivity index is 1.93. The maximum atomic E-state index is 12.2. The zero-order chi connectivity index (χ0) is 20.4. The van der Waals surface area contributed by atoms with Crippen LogP contribution in [0.2, 0.25) is 0 Å². The minimum Gasteiger partial charge on any atom is -0.444 e. The van der Waals surface area contributed by atoms with Crippen LogP contribution in [-0.2, 0) is 9.47 Å². The fourth-order valence-electron chi connectivity index (χ4n) is 2.74. The van der Waals surface area contributed by atoms with Crippen LogP contribution in [0.1, 0.15) is 70.2 Å². The molecule has 0 saturated carbocycles. The molecule has 152 valence electrons. The van der Waals surface area contributed by atoms with Crippen molar-refractivity contribution in [2.75, 3.05) is 18.4 Å². The normalized spacial score (nSPS) is 16.2. The summed E-state index contributed by atoms with van der Waals surface area (Å²) in [4.78, 5) is 31.5. The predicted molar refractivity (Wildman–Crippen MR) is 106 cm³/mol. The first-order valence-electron chi connectivity index (χ1n) is 9.29. The first-order valence-corrected chi connectivity index (χ1v) is 10.1. The molecule has 27 heavy (non-hydrogen) atoms. The number of hydrogen-bond acceptors (Lipinski definition) is 6. The van der Waals surface area contributed by atoms with Gasteiger partial charge in [-0.15, -0.1) is 11.3 Å². The van der Waals surface area contributed by atoms with E-state index >= 15 is 0 Å². The highest BCUT2D eigenvalue weighted by Gasteiger charge is 2.29. The molecule has 2 rings (SSSR count). The van der Waals surface area contributed by atoms with Crippen LogP contribution in [0.4, 0.5) is 15.4 Å². The Morgan fingerprint density at radius 3 is 2.15 bits per heavy atom. The lowest BCUT2D eigenvalue weighted by atomic mass is 9.98. The number of thiazole rings is 1. The van der Waals surface area contributed by atoms with Crippen molar-refractivity contribution < 1.29 is 19.1 Å². The molecule has 7 nitrogen and oxygen atoms in total. The van der Waals surface area contributed by atoms with E-state index in [4.69, 9.17) is 9.47 Å². The van der Waals surface area contributed by atoms with Crippen molar-refractivity contribution in [1.29, 1.82) is 0 Å². The average molecular weight is 398 g/mol. The molecule has 1 N–H and O–H groups in total. The molecule has 1 aliphatic rings. The van der Waals surface area contributed by atoms with Gasteiger partial charge in [-0.05, 0) is 61.3 Å². The van der Waals surface area contributed by atoms with E-state index in [1.165, 1.54) is 0 Å². The fraction of sp³-hybridized carbons (Fsp3) is 0.737. The topological polar surface area (TPSA) is 80.8 Å². The van der Waals surface area contributed by atoms with Gasteiger partial charge in [0.05, 0.1) is 5.01 Å². The zero-order valence-corrected chi connectivity index (χ0v) is 18.2. The summed E-state index contributed by atoms with van der Waals surface area (Å²) in [7, 11) is 0. The van der Waals surface area contributed by atoms with E-state index in [1.807, 2.05) is 48.5 Å². The molecule has 0 unspecified atom stereocenters. The summed E-state index contributed by atoms with van der Waals surface area (Å²) in [5.74, 6) is 0.834. The molecule has 0 radical (unpaired) electrons. The number of nitrogens with one attached hydrogen (secondary N) is 1. The molecule has 0 aliphatic carbocycles. The van der Waals surface area contributed by atoms with Gasteiger partial charge in [-0.3, -0.25) is 5.32 Å². The van der Waals surface area contributed by atoms with Gasteiger partial charge in [0.1, 0.15) is 17.0 Å². The standard InChI is InChI=1S/C19H31N3O4S/c1-12-14(21-16(23)25-18(2,3)4)20-15(27-12)13-8-10-22(11-9-13)17(24)26-19(5,6)7/h13H,8-11H2,1-7H3,(H,21,23). The number of carbonyl (C=O) groups excluding carboxylic acids is 2. The Kier molecular flexibility index (Phi) is 6.39. The van der Waals surface area contributed by atoms with Gasteiger partial charge in [0, 0.05) is 23.9 Å². The quantitative estimate of drug-likeness (QED) is 0.766. The number of rotatable bonds is 2. The second-order valence-electron chi connectivity index (χ2n) is 8.83. The monoisotopic (exact) mass is 397 g/mol. The van der Waals surface area contributed by atoms with Crippen LogP contribution in [0.25, 0.3) is 0 Å². The van der Waals surface area contributed by atoms with Crippen LogP contribution in [0.3, 0.4) is 0 Å². The molecule has 2 heterocycles. The van der Waals surface area contributed by atoms with Gasteiger partial charge in [-0.2, -0.15) is 0 Å². The van der Waals surface area contributed by atoms with Crippen LogP contribution in [0.15, 0.2) is 0 Å². The molecular formula is C19H31N3O4S. The number of ether oxygens (including phenoxy) is 2. The highest BCUT2D eigenvalue weighted by molar-refractivity contribution is 7.12. The first-order chi connectivity index (χ1) is 12.3. The molecule has 0 spiro atoms. The van der Waals surface area contributed by atoms with Gasteiger partial charge in [0.2, 0.25) is 0 Å². The van der Waals surface area contributed by atoms with E-state index in [1.54, 1.807) is 16.2 Å². The zero-order valence-electron chi connectivity index (χ0n) is 17.3. The highest BCUT2D eigenvalue weighted by Crippen LogP contribution is 2.34. The van der Waals surface area contributed by atoms with Crippen molar-refractivity contribution in [3.63, 3.8) is 0 Å². The van der Waals surface area contributed by atoms with E-state index in [2.05, 4.69) is 10.3 Å². The number of aryl methyl sites for hydroxylation is 1. The number of nitrogens with zero attached hydrogens (tertiary/aromatic N) is 2. The molecule has 1 saturated heterocycles. The van der Waals surface area contributed by atoms with Gasteiger partial charge in [0.15, 0.2) is 0 Å². The van der Waals surface area contributed by atoms with E-state index < -0.39 is 17.3 Å². The van der Waals surface area contributed by atoms with Crippen molar-refractivity contribution in [3.8, 4) is 0 Å². The molecule has 1 aromatic rings. The summed E-state index contributed by atoms with van der Waals surface area (Å²) in [5.41, 5.74) is -1.03. The van der Waals surface area contributed by atoms with Crippen LogP contribution >= 0.6 is 11.3 Å². The molecule has 2 amide bonds. The van der Waals surface area contributed by atoms with E-state index in [0.29, 0.717) is 18.9 Å². The van der Waals surface area contributed by atoms with Crippen LogP contribution in [0.5, 0.6) is 0 Å². The largest absolute Gasteiger partial charge is 0.444 e. The maximum Gasteiger partial charge on any atom is 0.413 e. The Hall–Kier alpha value is -1.83. The number of likely N-dealkylation sites (tertiary alicyclic amines) is 1. The van der Waals surface area contributed by atoms with Crippen molar-refractivity contribution in [1.82, 2.24) is 9.88 Å². The molecule has 1 aliphatic heterocycles. The maximum absolute atomic E-state index is 12.2. The van der Waals surface area contributed by atoms with E-state index in [0.717, 1.165) is 22.7 Å². The summed E-state index contributed by atoms with van der Waals surface area (Å²) in [6.07, 6.45) is 0.904. The number of amides is 2. The lowest BCUT2D eigenvalue weighted by Crippen LogP contribution is -2.41. The lowest BCUT2D eigenvalue weighted by Gasteiger charge is -2.32. The number of aromatic nitrogens is 1. The van der Waals surface area contributed by atoms with Crippen molar-refractivity contribution in [3.05, 3.63) is 9.88 Å². The molecule has 1 aromatic heterocycles. The fourth-order valence-corrected chi connectivity index (χ4v) is 3.79. The van der Waals surface area contributed by atoms with Gasteiger partial charge < -0.3 is 14.4 Å². The summed E-state index contributed by atoms with van der Waals surface area (Å²) in [5, 5.41) is 3.72. The molecule has 0 atom stereocenters. The van der Waals surface area contributed by atoms with E-state index in [-0.39, 0.29) is 12.0 Å². The molecule has 1 fully saturated rings. The van der Waals surface area contributed by atoms with Gasteiger partial charge in [0.25, 0.3) is 0 Å². The third-order valence-corrected chi connectivity index (χ3v) is 5.06. The molecule has 8 heteroatoms. The number of anilines is 1. The Bertz CT molecular complexity index is 680. The molecule has 0 aromatic carbocycles. The predicted octanol–water partition coefficient (Wildman–Crippen LogP) is 4.91. The summed E-state index contributed by atoms with van der Waals surface area (Å²) >= 11 is 1.58. The van der Waals surface area contributed by atoms with Crippen LogP contribution < -0.4 is 5.32 Å². The van der Waals surface area contributed by atoms with Gasteiger partial charge >= 0.3 is 12.2 Å². The molecule has 0 bridgehead atoms. The third-order valence-electron chi connectivity index (χ3n) is 3.93. The van der Waals surface area contributed by atoms with Crippen molar-refractivity contribution >= 4 is 29.3 Å². The van der Waals surface area contributed by atoms with Crippen molar-refractivity contribution in [2.45, 2.75) is 78.4 Å². The number of carbonyl (C=O) groups is 2. The summed E-state index contributed by atoms with van der Waals surface area (Å²) < 4.78 is 10.7. The molecular weight excluding hydrogens is 366 g/mol. The Labute approximate surface area is 165 Å². The lowest BCUT2D eigenvalue weighted by molar-refractivity contribution is 0.0204. The van der Waals surface area contributed by atoms with Gasteiger partial charge in [-0.1, -0.05) is 0 Å². The summed E-state index contributed by atoms with van der Waals surface area (Å²) in [6.45, 7) is 14.3. The third kappa shape index (κ3) is 6.68. The second-order valence-corrected chi connectivity index (χ2v) is 10.1. The highest BCUT2D eigenvalue weighted by atomic mass is 32.1. The average Bonchev–Trinajstić information content (AvgIpc) is 2.84. The number of hydrogen-bond donors (Lipinski definition) is 1. The SMILES string of the molecule is Cc1sc(C2CCN(C(=O)OC(C)(C)C)CC2)nc1NC(=O)OC(C)(C)C. The smallest absolute Gasteiger partial charge is 0.413 e. The van der Waals surface area contributed by atoms with Gasteiger partial charge in [-0.25, -0.2) is 14.6 Å². The Morgan fingerprint density at radius 2 is 1.63 bits per heavy atom.